The van der Waals surface area contributed by atoms with Crippen molar-refractivity contribution in [3.8, 4) is 0 Å². The molecule has 1 aliphatic rings. The largest absolute Gasteiger partial charge is 0.465 e. The van der Waals surface area contributed by atoms with Crippen LogP contribution in [0.1, 0.15) is 28.8 Å². The van der Waals surface area contributed by atoms with Gasteiger partial charge in [-0.05, 0) is 48.4 Å². The first kappa shape index (κ1) is 19.6. The molecule has 0 radical (unpaired) electrons. The third kappa shape index (κ3) is 4.58. The second kappa shape index (κ2) is 8.71. The number of halogens is 1. The lowest BCUT2D eigenvalue weighted by Crippen LogP contribution is -2.23. The van der Waals surface area contributed by atoms with Crippen LogP contribution in [-0.2, 0) is 14.3 Å². The van der Waals surface area contributed by atoms with E-state index >= 15 is 0 Å². The first-order valence-electron chi connectivity index (χ1n) is 8.75. The lowest BCUT2D eigenvalue weighted by atomic mass is 10.1. The fourth-order valence-corrected chi connectivity index (χ4v) is 3.06. The zero-order valence-corrected chi connectivity index (χ0v) is 16.0. The molecular formula is C21H19ClN2O4. The Bertz CT molecular complexity index is 938. The molecule has 0 bridgehead atoms. The molecule has 2 aromatic carbocycles. The summed E-state index contributed by atoms with van der Waals surface area (Å²) in [5.41, 5.74) is 2.34. The van der Waals surface area contributed by atoms with E-state index in [4.69, 9.17) is 11.6 Å². The summed E-state index contributed by atoms with van der Waals surface area (Å²) < 4.78 is 4.65. The molecule has 1 aliphatic heterocycles. The first-order valence-corrected chi connectivity index (χ1v) is 9.13. The minimum absolute atomic E-state index is 0.0647. The van der Waals surface area contributed by atoms with Crippen LogP contribution in [-0.4, -0.2) is 31.4 Å². The lowest BCUT2D eigenvalue weighted by molar-refractivity contribution is -0.117. The molecular weight excluding hydrogens is 380 g/mol. The Hall–Kier alpha value is -3.12. The van der Waals surface area contributed by atoms with Crippen molar-refractivity contribution in [2.45, 2.75) is 12.8 Å². The number of ether oxygens (including phenoxy) is 1. The summed E-state index contributed by atoms with van der Waals surface area (Å²) in [6.45, 7) is 0.662. The smallest absolute Gasteiger partial charge is 0.337 e. The van der Waals surface area contributed by atoms with E-state index in [0.717, 1.165) is 12.0 Å². The van der Waals surface area contributed by atoms with Gasteiger partial charge in [-0.3, -0.25) is 9.59 Å². The molecule has 1 heterocycles. The van der Waals surface area contributed by atoms with Crippen LogP contribution in [0.15, 0.2) is 48.5 Å². The van der Waals surface area contributed by atoms with Crippen LogP contribution in [0.2, 0.25) is 5.02 Å². The van der Waals surface area contributed by atoms with Crippen molar-refractivity contribution >= 4 is 46.8 Å². The van der Waals surface area contributed by atoms with E-state index in [1.165, 1.54) is 13.2 Å². The van der Waals surface area contributed by atoms with Gasteiger partial charge >= 0.3 is 5.97 Å². The number of benzene rings is 2. The number of hydrogen-bond acceptors (Lipinski definition) is 4. The lowest BCUT2D eigenvalue weighted by Gasteiger charge is -2.17. The predicted molar refractivity (Wildman–Crippen MR) is 108 cm³/mol. The minimum Gasteiger partial charge on any atom is -0.465 e. The Labute approximate surface area is 167 Å². The van der Waals surface area contributed by atoms with Crippen LogP contribution in [0.5, 0.6) is 0 Å². The zero-order valence-electron chi connectivity index (χ0n) is 15.3. The summed E-state index contributed by atoms with van der Waals surface area (Å²) in [5, 5.41) is 3.12. The third-order valence-corrected chi connectivity index (χ3v) is 4.68. The SMILES string of the molecule is COC(=O)c1ccc(/C=C/C(=O)Nc2cc(N3CCCC3=O)ccc2Cl)cc1. The number of esters is 1. The summed E-state index contributed by atoms with van der Waals surface area (Å²) in [5.74, 6) is -0.710. The number of nitrogens with one attached hydrogen (secondary N) is 1. The van der Waals surface area contributed by atoms with Gasteiger partial charge in [-0.1, -0.05) is 23.7 Å². The molecule has 28 heavy (non-hydrogen) atoms. The molecule has 144 valence electrons. The molecule has 0 atom stereocenters. The van der Waals surface area contributed by atoms with Crippen molar-refractivity contribution in [2.75, 3.05) is 23.9 Å². The van der Waals surface area contributed by atoms with Crippen molar-refractivity contribution in [3.05, 3.63) is 64.7 Å². The van der Waals surface area contributed by atoms with E-state index < -0.39 is 5.97 Å². The van der Waals surface area contributed by atoms with Gasteiger partial charge in [0.15, 0.2) is 0 Å². The quantitative estimate of drug-likeness (QED) is 0.612. The fourth-order valence-electron chi connectivity index (χ4n) is 2.89. The topological polar surface area (TPSA) is 75.7 Å². The van der Waals surface area contributed by atoms with Crippen LogP contribution < -0.4 is 10.2 Å². The number of anilines is 2. The third-order valence-electron chi connectivity index (χ3n) is 4.35. The zero-order chi connectivity index (χ0) is 20.1. The van der Waals surface area contributed by atoms with Gasteiger partial charge in [-0.15, -0.1) is 0 Å². The van der Waals surface area contributed by atoms with Crippen LogP contribution in [0, 0.1) is 0 Å². The van der Waals surface area contributed by atoms with Gasteiger partial charge in [0.2, 0.25) is 11.8 Å². The van der Waals surface area contributed by atoms with E-state index in [1.54, 1.807) is 53.4 Å². The van der Waals surface area contributed by atoms with Crippen molar-refractivity contribution < 1.29 is 19.1 Å². The van der Waals surface area contributed by atoms with Crippen molar-refractivity contribution in [1.29, 1.82) is 0 Å². The van der Waals surface area contributed by atoms with E-state index in [1.807, 2.05) is 0 Å². The van der Waals surface area contributed by atoms with Gasteiger partial charge < -0.3 is 15.0 Å². The molecule has 0 spiro atoms. The van der Waals surface area contributed by atoms with Crippen LogP contribution >= 0.6 is 11.6 Å². The molecule has 6 nitrogen and oxygen atoms in total. The maximum atomic E-state index is 12.2. The van der Waals surface area contributed by atoms with Crippen molar-refractivity contribution in [3.63, 3.8) is 0 Å². The molecule has 1 N–H and O–H groups in total. The van der Waals surface area contributed by atoms with Crippen LogP contribution in [0.3, 0.4) is 0 Å². The summed E-state index contributed by atoms with van der Waals surface area (Å²) in [4.78, 5) is 37.3. The predicted octanol–water partition coefficient (Wildman–Crippen LogP) is 3.91. The molecule has 2 amide bonds. The Morgan fingerprint density at radius 1 is 1.18 bits per heavy atom. The first-order chi connectivity index (χ1) is 13.5. The summed E-state index contributed by atoms with van der Waals surface area (Å²) >= 11 is 6.18. The molecule has 0 unspecified atom stereocenters. The number of nitrogens with zero attached hydrogens (tertiary/aromatic N) is 1. The van der Waals surface area contributed by atoms with Gasteiger partial charge in [0.05, 0.1) is 23.4 Å². The van der Waals surface area contributed by atoms with E-state index in [-0.39, 0.29) is 11.8 Å². The fraction of sp³-hybridized carbons (Fsp3) is 0.190. The number of amides is 2. The molecule has 1 saturated heterocycles. The average molecular weight is 399 g/mol. The summed E-state index contributed by atoms with van der Waals surface area (Å²) in [6.07, 6.45) is 4.35. The number of carbonyl (C=O) groups is 3. The molecule has 2 aromatic rings. The van der Waals surface area contributed by atoms with Crippen molar-refractivity contribution in [2.24, 2.45) is 0 Å². The van der Waals surface area contributed by atoms with Gasteiger partial charge in [0.25, 0.3) is 0 Å². The number of hydrogen-bond donors (Lipinski definition) is 1. The highest BCUT2D eigenvalue weighted by molar-refractivity contribution is 6.34. The highest BCUT2D eigenvalue weighted by Gasteiger charge is 2.22. The maximum absolute atomic E-state index is 12.2. The summed E-state index contributed by atoms with van der Waals surface area (Å²) in [6, 6.07) is 11.8. The highest BCUT2D eigenvalue weighted by atomic mass is 35.5. The van der Waals surface area contributed by atoms with Gasteiger partial charge in [-0.2, -0.15) is 0 Å². The Morgan fingerprint density at radius 3 is 2.57 bits per heavy atom. The number of rotatable bonds is 5. The number of carbonyl (C=O) groups excluding carboxylic acids is 3. The van der Waals surface area contributed by atoms with Crippen LogP contribution in [0.4, 0.5) is 11.4 Å². The molecule has 3 rings (SSSR count). The van der Waals surface area contributed by atoms with Crippen LogP contribution in [0.25, 0.3) is 6.08 Å². The maximum Gasteiger partial charge on any atom is 0.337 e. The van der Waals surface area contributed by atoms with Gasteiger partial charge in [0.1, 0.15) is 0 Å². The number of methoxy groups -OCH3 is 1. The molecule has 0 aliphatic carbocycles. The highest BCUT2D eigenvalue weighted by Crippen LogP contribution is 2.30. The van der Waals surface area contributed by atoms with E-state index in [2.05, 4.69) is 10.1 Å². The van der Waals surface area contributed by atoms with E-state index in [9.17, 15) is 14.4 Å². The molecule has 7 heteroatoms. The Kier molecular flexibility index (Phi) is 6.11. The Balaban J connectivity index is 1.68. The standard InChI is InChI=1S/C21H19ClN2O4/c1-28-21(27)15-7-4-14(5-8-15)6-11-19(25)23-18-13-16(9-10-17(18)22)24-12-2-3-20(24)26/h4-11,13H,2-3,12H2,1H3,(H,23,25)/b11-6+. The van der Waals surface area contributed by atoms with E-state index in [0.29, 0.717) is 34.9 Å². The molecule has 0 aromatic heterocycles. The average Bonchev–Trinajstić information content (AvgIpc) is 3.14. The monoisotopic (exact) mass is 398 g/mol. The Morgan fingerprint density at radius 2 is 1.93 bits per heavy atom. The van der Waals surface area contributed by atoms with Crippen molar-refractivity contribution in [1.82, 2.24) is 0 Å². The van der Waals surface area contributed by atoms with Gasteiger partial charge in [-0.25, -0.2) is 4.79 Å². The van der Waals surface area contributed by atoms with Gasteiger partial charge in [0, 0.05) is 24.7 Å². The summed E-state index contributed by atoms with van der Waals surface area (Å²) in [7, 11) is 1.32. The second-order valence-corrected chi connectivity index (χ2v) is 6.66. The second-order valence-electron chi connectivity index (χ2n) is 6.25. The molecule has 1 fully saturated rings. The normalized spacial score (nSPS) is 13.8. The minimum atomic E-state index is -0.417. The molecule has 0 saturated carbocycles.